The third-order valence-corrected chi connectivity index (χ3v) is 6.04. The summed E-state index contributed by atoms with van der Waals surface area (Å²) in [6.07, 6.45) is 0. The second-order valence-electron chi connectivity index (χ2n) is 8.39. The molecule has 4 rings (SSSR count). The number of hydrogen-bond acceptors (Lipinski definition) is 6. The first kappa shape index (κ1) is 23.8. The lowest BCUT2D eigenvalue weighted by Gasteiger charge is -2.18. The molecule has 2 heterocycles. The largest absolute Gasteiger partial charge is 0.384 e. The lowest BCUT2D eigenvalue weighted by Crippen LogP contribution is -3.11. The predicted molar refractivity (Wildman–Crippen MR) is 133 cm³/mol. The maximum absolute atomic E-state index is 13.3. The molecule has 10 nitrogen and oxygen atoms in total. The van der Waals surface area contributed by atoms with E-state index in [-0.39, 0.29) is 36.6 Å². The number of para-hydroxylation sites is 1. The predicted octanol–water partition coefficient (Wildman–Crippen LogP) is -0.298. The summed E-state index contributed by atoms with van der Waals surface area (Å²) in [6.45, 7) is 2.76. The highest BCUT2D eigenvalue weighted by Crippen LogP contribution is 2.09. The highest BCUT2D eigenvalue weighted by atomic mass is 16.2. The molecule has 0 radical (unpaired) electrons. The number of rotatable bonds is 8. The lowest BCUT2D eigenvalue weighted by atomic mass is 10.1. The van der Waals surface area contributed by atoms with Gasteiger partial charge in [0.2, 0.25) is 5.78 Å². The standard InChI is InChI=1S/C25H26N6O4/c1-3-30(15-20-27-18-12-8-7-11-17(18)23(33)28-20)14-19(32)21-22(26)31(25(35)29(2)24(21)34)13-16-9-5-4-6-10-16/h4-12H,3,13-15,26H2,1-2H3,(H,27,28,33)/p+1. The zero-order valence-corrected chi connectivity index (χ0v) is 19.6. The number of nitrogens with zero attached hydrogens (tertiary/aromatic N) is 3. The molecule has 0 aliphatic heterocycles. The first-order valence-electron chi connectivity index (χ1n) is 11.3. The SMILES string of the molecule is CC[NH+](CC(=O)c1c(N)n(Cc2ccccc2)c(=O)n(C)c1=O)Cc1nc2ccccc2c(=O)[nH]1. The number of Topliss-reactive ketones (excluding diaryl/α,β-unsaturated/α-hetero) is 1. The number of nitrogens with two attached hydrogens (primary N) is 1. The average Bonchev–Trinajstić information content (AvgIpc) is 2.85. The van der Waals surface area contributed by atoms with Gasteiger partial charge in [-0.25, -0.2) is 9.78 Å². The summed E-state index contributed by atoms with van der Waals surface area (Å²) in [7, 11) is 1.33. The second kappa shape index (κ2) is 9.90. The lowest BCUT2D eigenvalue weighted by molar-refractivity contribution is -0.904. The molecular weight excluding hydrogens is 448 g/mol. The molecule has 0 bridgehead atoms. The minimum atomic E-state index is -0.727. The number of ketones is 1. The number of likely N-dealkylation sites (N-methyl/N-ethyl adjacent to an activating group) is 1. The van der Waals surface area contributed by atoms with E-state index < -0.39 is 17.0 Å². The Morgan fingerprint density at radius 3 is 2.46 bits per heavy atom. The Morgan fingerprint density at radius 2 is 1.74 bits per heavy atom. The molecule has 0 aliphatic rings. The Hall–Kier alpha value is -4.31. The maximum atomic E-state index is 13.3. The van der Waals surface area contributed by atoms with Gasteiger partial charge < -0.3 is 15.6 Å². The van der Waals surface area contributed by atoms with Crippen LogP contribution in [0.5, 0.6) is 0 Å². The monoisotopic (exact) mass is 475 g/mol. The van der Waals surface area contributed by atoms with Crippen molar-refractivity contribution in [1.82, 2.24) is 19.1 Å². The van der Waals surface area contributed by atoms with Crippen LogP contribution in [0.15, 0.2) is 69.0 Å². The van der Waals surface area contributed by atoms with E-state index in [2.05, 4.69) is 9.97 Å². The van der Waals surface area contributed by atoms with Gasteiger partial charge in [-0.15, -0.1) is 0 Å². The van der Waals surface area contributed by atoms with E-state index in [4.69, 9.17) is 5.73 Å². The number of benzene rings is 2. The maximum Gasteiger partial charge on any atom is 0.332 e. The Labute approximate surface area is 200 Å². The summed E-state index contributed by atoms with van der Waals surface area (Å²) in [6, 6.07) is 16.2. The molecule has 2 aromatic carbocycles. The van der Waals surface area contributed by atoms with Gasteiger partial charge in [0, 0.05) is 7.05 Å². The highest BCUT2D eigenvalue weighted by Gasteiger charge is 2.25. The Balaban J connectivity index is 1.64. The first-order chi connectivity index (χ1) is 16.8. The normalized spacial score (nSPS) is 12.1. The third-order valence-electron chi connectivity index (χ3n) is 6.04. The first-order valence-corrected chi connectivity index (χ1v) is 11.3. The van der Waals surface area contributed by atoms with Crippen LogP contribution in [0.2, 0.25) is 0 Å². The van der Waals surface area contributed by atoms with Gasteiger partial charge in [-0.2, -0.15) is 0 Å². The van der Waals surface area contributed by atoms with E-state index in [0.717, 1.165) is 15.0 Å². The highest BCUT2D eigenvalue weighted by molar-refractivity contribution is 6.00. The van der Waals surface area contributed by atoms with Crippen molar-refractivity contribution >= 4 is 22.5 Å². The summed E-state index contributed by atoms with van der Waals surface area (Å²) in [5.74, 6) is -0.196. The van der Waals surface area contributed by atoms with Gasteiger partial charge in [0.15, 0.2) is 5.82 Å². The van der Waals surface area contributed by atoms with Crippen molar-refractivity contribution in [3.8, 4) is 0 Å². The van der Waals surface area contributed by atoms with Crippen LogP contribution in [-0.4, -0.2) is 38.0 Å². The van der Waals surface area contributed by atoms with Crippen molar-refractivity contribution in [3.63, 3.8) is 0 Å². The molecule has 4 N–H and O–H groups in total. The molecular formula is C25H27N6O4+. The molecule has 4 aromatic rings. The number of anilines is 1. The smallest absolute Gasteiger partial charge is 0.332 e. The summed E-state index contributed by atoms with van der Waals surface area (Å²) in [5.41, 5.74) is 5.81. The van der Waals surface area contributed by atoms with Gasteiger partial charge in [-0.05, 0) is 24.6 Å². The summed E-state index contributed by atoms with van der Waals surface area (Å²) in [5, 5.41) is 0.488. The molecule has 2 aromatic heterocycles. The van der Waals surface area contributed by atoms with Crippen molar-refractivity contribution < 1.29 is 9.69 Å². The van der Waals surface area contributed by atoms with Crippen LogP contribution in [0.1, 0.15) is 28.7 Å². The van der Waals surface area contributed by atoms with E-state index in [1.54, 1.807) is 24.3 Å². The molecule has 35 heavy (non-hydrogen) atoms. The number of aromatic nitrogens is 4. The van der Waals surface area contributed by atoms with Crippen LogP contribution < -0.4 is 27.4 Å². The molecule has 1 unspecified atom stereocenters. The average molecular weight is 476 g/mol. The topological polar surface area (TPSA) is 137 Å². The fraction of sp³-hybridized carbons (Fsp3) is 0.240. The number of hydrogen-bond donors (Lipinski definition) is 3. The van der Waals surface area contributed by atoms with E-state index in [9.17, 15) is 19.2 Å². The van der Waals surface area contributed by atoms with Crippen molar-refractivity contribution in [2.24, 2.45) is 7.05 Å². The second-order valence-corrected chi connectivity index (χ2v) is 8.39. The fourth-order valence-electron chi connectivity index (χ4n) is 4.05. The van der Waals surface area contributed by atoms with Crippen molar-refractivity contribution in [3.05, 3.63) is 103 Å². The molecule has 0 saturated heterocycles. The molecule has 0 spiro atoms. The quantitative estimate of drug-likeness (QED) is 0.299. The number of carbonyl (C=O) groups is 1. The van der Waals surface area contributed by atoms with Gasteiger partial charge in [0.25, 0.3) is 11.1 Å². The summed E-state index contributed by atoms with van der Waals surface area (Å²) >= 11 is 0. The number of quaternary nitrogens is 1. The van der Waals surface area contributed by atoms with Gasteiger partial charge in [-0.3, -0.25) is 23.5 Å². The molecule has 1 atom stereocenters. The number of nitrogen functional groups attached to an aromatic ring is 1. The molecule has 180 valence electrons. The van der Waals surface area contributed by atoms with Crippen LogP contribution in [0.4, 0.5) is 5.82 Å². The molecule has 0 amide bonds. The van der Waals surface area contributed by atoms with Gasteiger partial charge in [0.05, 0.1) is 24.0 Å². The summed E-state index contributed by atoms with van der Waals surface area (Å²) < 4.78 is 2.14. The van der Waals surface area contributed by atoms with E-state index in [1.165, 1.54) is 11.6 Å². The third kappa shape index (κ3) is 4.82. The Kier molecular flexibility index (Phi) is 6.74. The zero-order valence-electron chi connectivity index (χ0n) is 19.6. The number of aromatic amines is 1. The molecule has 10 heteroatoms. The number of fused-ring (bicyclic) bond motifs is 1. The van der Waals surface area contributed by atoms with E-state index in [0.29, 0.717) is 23.3 Å². The minimum absolute atomic E-state index is 0.0595. The van der Waals surface area contributed by atoms with Gasteiger partial charge >= 0.3 is 5.69 Å². The number of H-pyrrole nitrogens is 1. The molecule has 0 fully saturated rings. The van der Waals surface area contributed by atoms with Crippen LogP contribution in [0.25, 0.3) is 10.9 Å². The van der Waals surface area contributed by atoms with Crippen molar-refractivity contribution in [2.75, 3.05) is 18.8 Å². The molecule has 0 saturated carbocycles. The van der Waals surface area contributed by atoms with Crippen LogP contribution in [-0.2, 0) is 20.1 Å². The van der Waals surface area contributed by atoms with Crippen LogP contribution in [0.3, 0.4) is 0 Å². The van der Waals surface area contributed by atoms with Crippen LogP contribution in [0, 0.1) is 0 Å². The van der Waals surface area contributed by atoms with Crippen LogP contribution >= 0.6 is 0 Å². The van der Waals surface area contributed by atoms with Crippen molar-refractivity contribution in [1.29, 1.82) is 0 Å². The van der Waals surface area contributed by atoms with E-state index >= 15 is 0 Å². The van der Waals surface area contributed by atoms with Gasteiger partial charge in [-0.1, -0.05) is 42.5 Å². The Morgan fingerprint density at radius 1 is 1.06 bits per heavy atom. The van der Waals surface area contributed by atoms with Crippen molar-refractivity contribution in [2.45, 2.75) is 20.0 Å². The number of carbonyl (C=O) groups excluding carboxylic acids is 1. The zero-order chi connectivity index (χ0) is 25.1. The van der Waals surface area contributed by atoms with Gasteiger partial charge in [0.1, 0.15) is 24.5 Å². The molecule has 0 aliphatic carbocycles. The Bertz CT molecular complexity index is 1570. The minimum Gasteiger partial charge on any atom is -0.384 e. The summed E-state index contributed by atoms with van der Waals surface area (Å²) in [4.78, 5) is 59.3. The number of nitrogens with one attached hydrogen (secondary N) is 2. The van der Waals surface area contributed by atoms with E-state index in [1.807, 2.05) is 37.3 Å². The fourth-order valence-corrected chi connectivity index (χ4v) is 4.05.